The molecule has 0 bridgehead atoms. The van der Waals surface area contributed by atoms with Crippen LogP contribution in [0.25, 0.3) is 5.65 Å². The smallest absolute Gasteiger partial charge is 0.166 e. The van der Waals surface area contributed by atoms with Crippen LogP contribution in [0.4, 0.5) is 0 Å². The summed E-state index contributed by atoms with van der Waals surface area (Å²) in [5, 5.41) is 5.03. The number of nitrogens with zero attached hydrogens (tertiary/aromatic N) is 3. The van der Waals surface area contributed by atoms with Crippen molar-refractivity contribution in [3.05, 3.63) is 64.1 Å². The van der Waals surface area contributed by atoms with Gasteiger partial charge in [-0.15, -0.1) is 0 Å². The second-order valence-electron chi connectivity index (χ2n) is 5.77. The van der Waals surface area contributed by atoms with Crippen LogP contribution in [0, 0.1) is 6.92 Å². The Morgan fingerprint density at radius 3 is 2.95 bits per heavy atom. The molecule has 110 valence electrons. The van der Waals surface area contributed by atoms with Gasteiger partial charge in [0, 0.05) is 23.7 Å². The maximum absolute atomic E-state index is 12.5. The van der Waals surface area contributed by atoms with Crippen molar-refractivity contribution in [3.8, 4) is 0 Å². The van der Waals surface area contributed by atoms with E-state index in [2.05, 4.69) is 10.1 Å². The Hall–Kier alpha value is -2.20. The molecule has 0 radical (unpaired) electrons. The molecule has 1 unspecified atom stereocenters. The molecule has 4 rings (SSSR count). The summed E-state index contributed by atoms with van der Waals surface area (Å²) in [7, 11) is 0. The molecule has 3 aromatic rings. The highest BCUT2D eigenvalue weighted by atomic mass is 35.5. The fourth-order valence-corrected chi connectivity index (χ4v) is 3.30. The van der Waals surface area contributed by atoms with Gasteiger partial charge in [-0.1, -0.05) is 23.7 Å². The summed E-state index contributed by atoms with van der Waals surface area (Å²) in [4.78, 5) is 17.1. The molecule has 2 aromatic heterocycles. The van der Waals surface area contributed by atoms with Crippen LogP contribution in [0.1, 0.15) is 39.6 Å². The number of ketones is 1. The third kappa shape index (κ3) is 2.20. The maximum Gasteiger partial charge on any atom is 0.166 e. The molecule has 0 spiro atoms. The Kier molecular flexibility index (Phi) is 3.01. The minimum atomic E-state index is 0.119. The van der Waals surface area contributed by atoms with Gasteiger partial charge in [-0.2, -0.15) is 5.10 Å². The van der Waals surface area contributed by atoms with Crippen molar-refractivity contribution in [1.82, 2.24) is 14.6 Å². The van der Waals surface area contributed by atoms with E-state index in [1.54, 1.807) is 10.7 Å². The van der Waals surface area contributed by atoms with Gasteiger partial charge in [0.05, 0.1) is 17.0 Å². The average Bonchev–Trinajstić information content (AvgIpc) is 2.84. The van der Waals surface area contributed by atoms with Gasteiger partial charge in [0.2, 0.25) is 0 Å². The SMILES string of the molecule is Cc1cc2nc3c(cn2n1)C(=O)CC(c1cccc(Cl)c1)C3. The zero-order valence-corrected chi connectivity index (χ0v) is 12.8. The summed E-state index contributed by atoms with van der Waals surface area (Å²) in [5.41, 5.74) is 4.32. The van der Waals surface area contributed by atoms with E-state index in [4.69, 9.17) is 11.6 Å². The van der Waals surface area contributed by atoms with Crippen LogP contribution in [-0.4, -0.2) is 20.4 Å². The van der Waals surface area contributed by atoms with Crippen LogP contribution >= 0.6 is 11.6 Å². The molecule has 1 aromatic carbocycles. The Morgan fingerprint density at radius 1 is 1.27 bits per heavy atom. The van der Waals surface area contributed by atoms with Gasteiger partial charge < -0.3 is 0 Å². The average molecular weight is 312 g/mol. The number of carbonyl (C=O) groups excluding carboxylic acids is 1. The van der Waals surface area contributed by atoms with Crippen LogP contribution in [0.15, 0.2) is 36.5 Å². The zero-order valence-electron chi connectivity index (χ0n) is 12.1. The third-order valence-electron chi connectivity index (χ3n) is 4.14. The van der Waals surface area contributed by atoms with Crippen molar-refractivity contribution < 1.29 is 4.79 Å². The number of carbonyl (C=O) groups is 1. The lowest BCUT2D eigenvalue weighted by Gasteiger charge is -2.23. The molecule has 4 nitrogen and oxygen atoms in total. The van der Waals surface area contributed by atoms with E-state index in [0.717, 1.165) is 29.0 Å². The number of halogens is 1. The number of benzene rings is 1. The van der Waals surface area contributed by atoms with Crippen molar-refractivity contribution in [3.63, 3.8) is 0 Å². The van der Waals surface area contributed by atoms with E-state index in [1.807, 2.05) is 37.3 Å². The quantitative estimate of drug-likeness (QED) is 0.690. The van der Waals surface area contributed by atoms with Gasteiger partial charge in [0.25, 0.3) is 0 Å². The Labute approximate surface area is 132 Å². The molecule has 0 fully saturated rings. The lowest BCUT2D eigenvalue weighted by atomic mass is 9.82. The number of rotatable bonds is 1. The minimum absolute atomic E-state index is 0.119. The topological polar surface area (TPSA) is 47.3 Å². The first kappa shape index (κ1) is 13.5. The Bertz CT molecular complexity index is 900. The molecule has 22 heavy (non-hydrogen) atoms. The lowest BCUT2D eigenvalue weighted by Crippen LogP contribution is -2.21. The summed E-state index contributed by atoms with van der Waals surface area (Å²) >= 11 is 6.07. The molecule has 1 aliphatic carbocycles. The van der Waals surface area contributed by atoms with E-state index < -0.39 is 0 Å². The number of Topliss-reactive ketones (excluding diaryl/α,β-unsaturated/α-hetero) is 1. The monoisotopic (exact) mass is 311 g/mol. The highest BCUT2D eigenvalue weighted by molar-refractivity contribution is 6.30. The first-order chi connectivity index (χ1) is 10.6. The summed E-state index contributed by atoms with van der Waals surface area (Å²) in [6.45, 7) is 1.92. The molecular formula is C17H14ClN3O. The first-order valence-corrected chi connectivity index (χ1v) is 7.62. The van der Waals surface area contributed by atoms with E-state index in [-0.39, 0.29) is 11.7 Å². The highest BCUT2D eigenvalue weighted by Gasteiger charge is 2.28. The molecule has 0 N–H and O–H groups in total. The normalized spacial score (nSPS) is 17.7. The van der Waals surface area contributed by atoms with Crippen LogP contribution in [0.3, 0.4) is 0 Å². The van der Waals surface area contributed by atoms with Gasteiger partial charge in [0.15, 0.2) is 11.4 Å². The van der Waals surface area contributed by atoms with Crippen LogP contribution in [0.2, 0.25) is 5.02 Å². The number of fused-ring (bicyclic) bond motifs is 2. The minimum Gasteiger partial charge on any atom is -0.294 e. The number of aromatic nitrogens is 3. The highest BCUT2D eigenvalue weighted by Crippen LogP contribution is 2.33. The van der Waals surface area contributed by atoms with E-state index >= 15 is 0 Å². The summed E-state index contributed by atoms with van der Waals surface area (Å²) < 4.78 is 1.69. The van der Waals surface area contributed by atoms with E-state index in [9.17, 15) is 4.79 Å². The van der Waals surface area contributed by atoms with Gasteiger partial charge in [-0.25, -0.2) is 9.50 Å². The van der Waals surface area contributed by atoms with Crippen LogP contribution in [-0.2, 0) is 6.42 Å². The van der Waals surface area contributed by atoms with Gasteiger partial charge in [-0.3, -0.25) is 4.79 Å². The number of aryl methyl sites for hydroxylation is 1. The maximum atomic E-state index is 12.5. The second-order valence-corrected chi connectivity index (χ2v) is 6.21. The predicted molar refractivity (Wildman–Crippen MR) is 84.6 cm³/mol. The van der Waals surface area contributed by atoms with E-state index in [0.29, 0.717) is 17.0 Å². The lowest BCUT2D eigenvalue weighted by molar-refractivity contribution is 0.0962. The zero-order chi connectivity index (χ0) is 15.3. The van der Waals surface area contributed by atoms with Crippen molar-refractivity contribution in [2.24, 2.45) is 0 Å². The molecule has 1 atom stereocenters. The van der Waals surface area contributed by atoms with Crippen LogP contribution < -0.4 is 0 Å². The fraction of sp³-hybridized carbons (Fsp3) is 0.235. The standard InChI is InChI=1S/C17H14ClN3O/c1-10-5-17-19-15-7-12(11-3-2-4-13(18)6-11)8-16(22)14(15)9-21(17)20-10/h2-6,9,12H,7-8H2,1H3. The molecule has 1 aliphatic rings. The molecule has 0 saturated heterocycles. The largest absolute Gasteiger partial charge is 0.294 e. The number of hydrogen-bond donors (Lipinski definition) is 0. The molecule has 0 amide bonds. The fourth-order valence-electron chi connectivity index (χ4n) is 3.10. The Balaban J connectivity index is 1.79. The molecular weight excluding hydrogens is 298 g/mol. The second kappa shape index (κ2) is 4.92. The molecule has 5 heteroatoms. The summed E-state index contributed by atoms with van der Waals surface area (Å²) in [6.07, 6.45) is 3.05. The van der Waals surface area contributed by atoms with Gasteiger partial charge in [-0.05, 0) is 37.0 Å². The van der Waals surface area contributed by atoms with Crippen molar-refractivity contribution in [1.29, 1.82) is 0 Å². The van der Waals surface area contributed by atoms with Crippen molar-refractivity contribution in [2.45, 2.75) is 25.7 Å². The first-order valence-electron chi connectivity index (χ1n) is 7.25. The molecule has 0 aliphatic heterocycles. The molecule has 2 heterocycles. The van der Waals surface area contributed by atoms with Gasteiger partial charge in [0.1, 0.15) is 0 Å². The molecule has 0 saturated carbocycles. The van der Waals surface area contributed by atoms with Crippen molar-refractivity contribution >= 4 is 23.0 Å². The Morgan fingerprint density at radius 2 is 2.14 bits per heavy atom. The van der Waals surface area contributed by atoms with Gasteiger partial charge >= 0.3 is 0 Å². The number of hydrogen-bond acceptors (Lipinski definition) is 3. The van der Waals surface area contributed by atoms with E-state index in [1.165, 1.54) is 0 Å². The summed E-state index contributed by atoms with van der Waals surface area (Å²) in [5.74, 6) is 0.256. The van der Waals surface area contributed by atoms with Crippen LogP contribution in [0.5, 0.6) is 0 Å². The summed E-state index contributed by atoms with van der Waals surface area (Å²) in [6, 6.07) is 9.66. The third-order valence-corrected chi connectivity index (χ3v) is 4.38. The van der Waals surface area contributed by atoms with Crippen molar-refractivity contribution in [2.75, 3.05) is 0 Å². The predicted octanol–water partition coefficient (Wildman–Crippen LogP) is 3.60.